The molecule has 1 N–H and O–H groups in total. The molecule has 0 spiro atoms. The molecule has 0 atom stereocenters. The molecule has 0 saturated heterocycles. The van der Waals surface area contributed by atoms with Gasteiger partial charge in [-0.25, -0.2) is 4.98 Å². The number of carboxylic acids is 1. The SMILES string of the molecule is O=C(O)CSCc1cnc(Cl)s1. The number of halogens is 1. The molecular formula is C6H6ClNO2S2. The summed E-state index contributed by atoms with van der Waals surface area (Å²) in [5.41, 5.74) is 0. The standard InChI is InChI=1S/C6H6ClNO2S2/c7-6-8-1-4(12-6)2-11-3-5(9)10/h1H,2-3H2,(H,9,10). The quantitative estimate of drug-likeness (QED) is 0.850. The summed E-state index contributed by atoms with van der Waals surface area (Å²) in [7, 11) is 0. The second kappa shape index (κ2) is 4.69. The van der Waals surface area contributed by atoms with E-state index in [1.54, 1.807) is 6.20 Å². The van der Waals surface area contributed by atoms with E-state index in [1.807, 2.05) is 0 Å². The number of carboxylic acid groups (broad SMARTS) is 1. The van der Waals surface area contributed by atoms with Crippen LogP contribution in [-0.4, -0.2) is 21.8 Å². The van der Waals surface area contributed by atoms with E-state index in [1.165, 1.54) is 23.1 Å². The summed E-state index contributed by atoms with van der Waals surface area (Å²) >= 11 is 8.30. The van der Waals surface area contributed by atoms with E-state index >= 15 is 0 Å². The average molecular weight is 224 g/mol. The summed E-state index contributed by atoms with van der Waals surface area (Å²) in [4.78, 5) is 15.0. The predicted molar refractivity (Wildman–Crippen MR) is 50.9 cm³/mol. The molecule has 1 rings (SSSR count). The van der Waals surface area contributed by atoms with Gasteiger partial charge in [0.25, 0.3) is 0 Å². The van der Waals surface area contributed by atoms with Crippen LogP contribution < -0.4 is 0 Å². The highest BCUT2D eigenvalue weighted by molar-refractivity contribution is 7.99. The lowest BCUT2D eigenvalue weighted by molar-refractivity contribution is -0.133. The van der Waals surface area contributed by atoms with Gasteiger partial charge < -0.3 is 5.11 Å². The fourth-order valence-corrected chi connectivity index (χ4v) is 2.40. The lowest BCUT2D eigenvalue weighted by Crippen LogP contribution is -1.97. The second-order valence-corrected chi connectivity index (χ2v) is 4.65. The molecule has 0 aliphatic heterocycles. The molecule has 0 fully saturated rings. The number of hydrogen-bond donors (Lipinski definition) is 1. The molecule has 0 saturated carbocycles. The summed E-state index contributed by atoms with van der Waals surface area (Å²) in [5, 5.41) is 8.34. The van der Waals surface area contributed by atoms with Crippen molar-refractivity contribution in [2.45, 2.75) is 5.75 Å². The van der Waals surface area contributed by atoms with Gasteiger partial charge in [-0.05, 0) is 0 Å². The number of nitrogens with zero attached hydrogens (tertiary/aromatic N) is 1. The van der Waals surface area contributed by atoms with Crippen LogP contribution in [0.25, 0.3) is 0 Å². The van der Waals surface area contributed by atoms with E-state index in [4.69, 9.17) is 16.7 Å². The van der Waals surface area contributed by atoms with Crippen molar-refractivity contribution in [1.82, 2.24) is 4.98 Å². The molecule has 3 nitrogen and oxygen atoms in total. The van der Waals surface area contributed by atoms with Crippen molar-refractivity contribution in [3.8, 4) is 0 Å². The first-order valence-electron chi connectivity index (χ1n) is 3.08. The smallest absolute Gasteiger partial charge is 0.313 e. The fourth-order valence-electron chi connectivity index (χ4n) is 0.589. The Balaban J connectivity index is 2.29. The lowest BCUT2D eigenvalue weighted by Gasteiger charge is -1.92. The highest BCUT2D eigenvalue weighted by atomic mass is 35.5. The molecule has 0 aliphatic carbocycles. The molecule has 1 aromatic heterocycles. The molecule has 0 aromatic carbocycles. The van der Waals surface area contributed by atoms with Crippen LogP contribution in [0.3, 0.4) is 0 Å². The van der Waals surface area contributed by atoms with Crippen molar-refractivity contribution in [3.05, 3.63) is 15.5 Å². The van der Waals surface area contributed by atoms with Gasteiger partial charge in [0, 0.05) is 16.8 Å². The summed E-state index contributed by atoms with van der Waals surface area (Å²) in [5.74, 6) is -0.0118. The molecule has 1 heterocycles. The lowest BCUT2D eigenvalue weighted by atomic mass is 10.6. The minimum absolute atomic E-state index is 0.121. The Morgan fingerprint density at radius 1 is 1.83 bits per heavy atom. The van der Waals surface area contributed by atoms with E-state index in [0.29, 0.717) is 10.2 Å². The number of aliphatic carboxylic acids is 1. The van der Waals surface area contributed by atoms with Gasteiger partial charge in [0.2, 0.25) is 0 Å². The second-order valence-electron chi connectivity index (χ2n) is 1.97. The predicted octanol–water partition coefficient (Wildman–Crippen LogP) is 2.11. The van der Waals surface area contributed by atoms with Crippen LogP contribution in [0.5, 0.6) is 0 Å². The van der Waals surface area contributed by atoms with Crippen molar-refractivity contribution >= 4 is 40.7 Å². The molecule has 0 bridgehead atoms. The first kappa shape index (κ1) is 9.83. The number of thiazole rings is 1. The van der Waals surface area contributed by atoms with E-state index in [9.17, 15) is 4.79 Å². The number of aromatic nitrogens is 1. The first-order valence-corrected chi connectivity index (χ1v) is 5.43. The highest BCUT2D eigenvalue weighted by Gasteiger charge is 2.01. The van der Waals surface area contributed by atoms with E-state index < -0.39 is 5.97 Å². The zero-order chi connectivity index (χ0) is 8.97. The summed E-state index contributed by atoms with van der Waals surface area (Å²) in [6.45, 7) is 0. The van der Waals surface area contributed by atoms with Crippen LogP contribution in [0.15, 0.2) is 6.20 Å². The number of rotatable bonds is 4. The molecular weight excluding hydrogens is 218 g/mol. The Kier molecular flexibility index (Phi) is 3.84. The Hall–Kier alpha value is -0.260. The van der Waals surface area contributed by atoms with Crippen LogP contribution in [0.4, 0.5) is 0 Å². The third-order valence-corrected chi connectivity index (χ3v) is 3.26. The summed E-state index contributed by atoms with van der Waals surface area (Å²) in [6.07, 6.45) is 1.67. The van der Waals surface area contributed by atoms with E-state index in [0.717, 1.165) is 4.88 Å². The van der Waals surface area contributed by atoms with Gasteiger partial charge >= 0.3 is 5.97 Å². The third kappa shape index (κ3) is 3.42. The normalized spacial score (nSPS) is 10.1. The fraction of sp³-hybridized carbons (Fsp3) is 0.333. The molecule has 0 amide bonds. The molecule has 0 unspecified atom stereocenters. The molecule has 0 radical (unpaired) electrons. The largest absolute Gasteiger partial charge is 0.481 e. The zero-order valence-corrected chi connectivity index (χ0v) is 8.38. The Bertz CT molecular complexity index is 276. The van der Waals surface area contributed by atoms with Crippen molar-refractivity contribution in [2.24, 2.45) is 0 Å². The van der Waals surface area contributed by atoms with Crippen LogP contribution in [0.2, 0.25) is 4.47 Å². The van der Waals surface area contributed by atoms with Gasteiger partial charge in [0.15, 0.2) is 4.47 Å². The maximum atomic E-state index is 10.1. The van der Waals surface area contributed by atoms with Crippen LogP contribution in [0.1, 0.15) is 4.88 Å². The topological polar surface area (TPSA) is 50.2 Å². The molecule has 1 aromatic rings. The highest BCUT2D eigenvalue weighted by Crippen LogP contribution is 2.21. The van der Waals surface area contributed by atoms with Crippen LogP contribution >= 0.6 is 34.7 Å². The Morgan fingerprint density at radius 3 is 3.08 bits per heavy atom. The van der Waals surface area contributed by atoms with Gasteiger partial charge in [-0.15, -0.1) is 23.1 Å². The van der Waals surface area contributed by atoms with Crippen LogP contribution in [-0.2, 0) is 10.5 Å². The Morgan fingerprint density at radius 2 is 2.58 bits per heavy atom. The van der Waals surface area contributed by atoms with Gasteiger partial charge in [-0.3, -0.25) is 4.79 Å². The third-order valence-electron chi connectivity index (χ3n) is 0.995. The number of carbonyl (C=O) groups is 1. The van der Waals surface area contributed by atoms with Gasteiger partial charge in [0.05, 0.1) is 5.75 Å². The van der Waals surface area contributed by atoms with E-state index in [2.05, 4.69) is 4.98 Å². The van der Waals surface area contributed by atoms with Crippen molar-refractivity contribution in [3.63, 3.8) is 0 Å². The maximum Gasteiger partial charge on any atom is 0.313 e. The maximum absolute atomic E-state index is 10.1. The van der Waals surface area contributed by atoms with Gasteiger partial charge in [-0.1, -0.05) is 11.6 Å². The van der Waals surface area contributed by atoms with Crippen molar-refractivity contribution in [2.75, 3.05) is 5.75 Å². The van der Waals surface area contributed by atoms with Crippen molar-refractivity contribution in [1.29, 1.82) is 0 Å². The summed E-state index contributed by atoms with van der Waals surface area (Å²) in [6, 6.07) is 0. The minimum Gasteiger partial charge on any atom is -0.481 e. The molecule has 0 aliphatic rings. The monoisotopic (exact) mass is 223 g/mol. The molecule has 66 valence electrons. The van der Waals surface area contributed by atoms with E-state index in [-0.39, 0.29) is 5.75 Å². The zero-order valence-electron chi connectivity index (χ0n) is 5.99. The molecule has 6 heteroatoms. The van der Waals surface area contributed by atoms with Gasteiger partial charge in [-0.2, -0.15) is 0 Å². The number of hydrogen-bond acceptors (Lipinski definition) is 4. The van der Waals surface area contributed by atoms with Crippen molar-refractivity contribution < 1.29 is 9.90 Å². The van der Waals surface area contributed by atoms with Gasteiger partial charge in [0.1, 0.15) is 0 Å². The average Bonchev–Trinajstić information content (AvgIpc) is 2.35. The Labute approximate surface area is 82.8 Å². The summed E-state index contributed by atoms with van der Waals surface area (Å²) < 4.78 is 0.501. The first-order chi connectivity index (χ1) is 5.68. The minimum atomic E-state index is -0.796. The number of thioether (sulfide) groups is 1. The molecule has 12 heavy (non-hydrogen) atoms. The van der Waals surface area contributed by atoms with Crippen LogP contribution in [0, 0.1) is 0 Å².